The molecule has 0 aromatic carbocycles. The van der Waals surface area contributed by atoms with Crippen LogP contribution >= 0.6 is 11.3 Å². The molecule has 9 heteroatoms. The van der Waals surface area contributed by atoms with Gasteiger partial charge in [-0.05, 0) is 41.8 Å². The van der Waals surface area contributed by atoms with Crippen molar-refractivity contribution < 1.29 is 4.79 Å². The summed E-state index contributed by atoms with van der Waals surface area (Å²) >= 11 is 1.48. The van der Waals surface area contributed by atoms with Gasteiger partial charge in [-0.15, -0.1) is 11.3 Å². The summed E-state index contributed by atoms with van der Waals surface area (Å²) in [7, 11) is 0. The van der Waals surface area contributed by atoms with Crippen LogP contribution in [0.5, 0.6) is 0 Å². The second-order valence-corrected chi connectivity index (χ2v) is 6.95. The van der Waals surface area contributed by atoms with Gasteiger partial charge in [0.15, 0.2) is 11.6 Å². The molecule has 8 nitrogen and oxygen atoms in total. The minimum absolute atomic E-state index is 0.303. The van der Waals surface area contributed by atoms with Crippen molar-refractivity contribution in [1.82, 2.24) is 29.7 Å². The molecule has 0 atom stereocenters. The number of pyridine rings is 2. The van der Waals surface area contributed by atoms with E-state index in [9.17, 15) is 4.79 Å². The first-order valence-corrected chi connectivity index (χ1v) is 9.60. The van der Waals surface area contributed by atoms with E-state index in [4.69, 9.17) is 0 Å². The molecule has 1 N–H and O–H groups in total. The molecule has 0 aliphatic carbocycles. The molecule has 0 fully saturated rings. The Morgan fingerprint density at radius 2 is 1.97 bits per heavy atom. The van der Waals surface area contributed by atoms with Crippen molar-refractivity contribution in [2.24, 2.45) is 0 Å². The van der Waals surface area contributed by atoms with E-state index in [-0.39, 0.29) is 5.91 Å². The highest BCUT2D eigenvalue weighted by Crippen LogP contribution is 2.28. The van der Waals surface area contributed by atoms with Gasteiger partial charge in [0.25, 0.3) is 5.91 Å². The fraction of sp³-hybridized carbons (Fsp3) is 0. The van der Waals surface area contributed by atoms with Crippen LogP contribution in [0.15, 0.2) is 72.6 Å². The third-order valence-corrected chi connectivity index (χ3v) is 5.01. The predicted octanol–water partition coefficient (Wildman–Crippen LogP) is 3.59. The van der Waals surface area contributed by atoms with Gasteiger partial charge in [0.2, 0.25) is 0 Å². The molecule has 0 saturated carbocycles. The first-order chi connectivity index (χ1) is 14.3. The number of fused-ring (bicyclic) bond motifs is 1. The van der Waals surface area contributed by atoms with Crippen molar-refractivity contribution in [3.8, 4) is 17.3 Å². The van der Waals surface area contributed by atoms with Gasteiger partial charge < -0.3 is 5.32 Å². The minimum Gasteiger partial charge on any atom is -0.306 e. The van der Waals surface area contributed by atoms with Crippen LogP contribution in [-0.2, 0) is 0 Å². The zero-order chi connectivity index (χ0) is 19.6. The summed E-state index contributed by atoms with van der Waals surface area (Å²) < 4.78 is 1.63. The predicted molar refractivity (Wildman–Crippen MR) is 110 cm³/mol. The Morgan fingerprint density at radius 1 is 1.00 bits per heavy atom. The van der Waals surface area contributed by atoms with Crippen LogP contribution in [0, 0.1) is 0 Å². The molecule has 5 rings (SSSR count). The monoisotopic (exact) mass is 399 g/mol. The third kappa shape index (κ3) is 3.34. The number of rotatable bonds is 4. The number of anilines is 1. The Labute approximate surface area is 168 Å². The summed E-state index contributed by atoms with van der Waals surface area (Å²) in [6, 6.07) is 12.7. The number of nitrogens with zero attached hydrogens (tertiary/aromatic N) is 6. The van der Waals surface area contributed by atoms with Crippen molar-refractivity contribution in [1.29, 1.82) is 0 Å². The highest BCUT2D eigenvalue weighted by atomic mass is 32.1. The quantitative estimate of drug-likeness (QED) is 0.496. The van der Waals surface area contributed by atoms with E-state index in [0.717, 1.165) is 10.2 Å². The lowest BCUT2D eigenvalue weighted by atomic mass is 10.2. The Hall–Kier alpha value is -3.98. The van der Waals surface area contributed by atoms with E-state index in [0.29, 0.717) is 28.7 Å². The summed E-state index contributed by atoms with van der Waals surface area (Å²) in [4.78, 5) is 31.3. The van der Waals surface area contributed by atoms with Crippen LogP contribution in [0.1, 0.15) is 10.4 Å². The molecule has 5 aromatic heterocycles. The minimum atomic E-state index is -0.303. The fourth-order valence-corrected chi connectivity index (χ4v) is 3.56. The maximum Gasteiger partial charge on any atom is 0.258 e. The molecule has 0 radical (unpaired) electrons. The average Bonchev–Trinajstić information content (AvgIpc) is 3.46. The molecule has 0 aliphatic rings. The maximum absolute atomic E-state index is 12.8. The SMILES string of the molecule is O=C(Nc1nc(-c2ccccn2)nc2sccc12)c1ccc(-n2cccn2)nc1. The number of hydrogen-bond acceptors (Lipinski definition) is 7. The smallest absolute Gasteiger partial charge is 0.258 e. The maximum atomic E-state index is 12.8. The van der Waals surface area contributed by atoms with Crippen molar-refractivity contribution in [3.63, 3.8) is 0 Å². The van der Waals surface area contributed by atoms with Crippen molar-refractivity contribution in [2.75, 3.05) is 5.32 Å². The second kappa shape index (κ2) is 7.21. The normalized spacial score (nSPS) is 10.9. The average molecular weight is 399 g/mol. The highest BCUT2D eigenvalue weighted by Gasteiger charge is 2.15. The van der Waals surface area contributed by atoms with Gasteiger partial charge >= 0.3 is 0 Å². The van der Waals surface area contributed by atoms with E-state index in [2.05, 4.69) is 30.4 Å². The molecule has 29 heavy (non-hydrogen) atoms. The standard InChI is InChI=1S/C20H13N7OS/c28-19(13-5-6-16(22-12-13)27-10-3-9-23-27)25-17-14-7-11-29-20(14)26-18(24-17)15-4-1-2-8-21-15/h1-12H,(H,24,25,26,28). The van der Waals surface area contributed by atoms with E-state index >= 15 is 0 Å². The molecule has 1 amide bonds. The summed E-state index contributed by atoms with van der Waals surface area (Å²) in [6.45, 7) is 0. The molecule has 0 bridgehead atoms. The Morgan fingerprint density at radius 3 is 2.72 bits per heavy atom. The number of hydrogen-bond donors (Lipinski definition) is 1. The first kappa shape index (κ1) is 17.1. The van der Waals surface area contributed by atoms with E-state index < -0.39 is 0 Å². The molecular weight excluding hydrogens is 386 g/mol. The van der Waals surface area contributed by atoms with Crippen molar-refractivity contribution in [3.05, 3.63) is 78.2 Å². The topological polar surface area (TPSA) is 98.5 Å². The van der Waals surface area contributed by atoms with Crippen LogP contribution < -0.4 is 5.32 Å². The lowest BCUT2D eigenvalue weighted by Gasteiger charge is -2.08. The molecule has 5 aromatic rings. The molecule has 0 unspecified atom stereocenters. The Balaban J connectivity index is 1.46. The first-order valence-electron chi connectivity index (χ1n) is 8.72. The van der Waals surface area contributed by atoms with E-state index in [1.807, 2.05) is 35.7 Å². The summed E-state index contributed by atoms with van der Waals surface area (Å²) in [6.07, 6.45) is 6.65. The van der Waals surface area contributed by atoms with Crippen LogP contribution in [0.2, 0.25) is 0 Å². The summed E-state index contributed by atoms with van der Waals surface area (Å²) in [5, 5.41) is 9.70. The third-order valence-electron chi connectivity index (χ3n) is 4.20. The Kier molecular flexibility index (Phi) is 4.26. The highest BCUT2D eigenvalue weighted by molar-refractivity contribution is 7.16. The van der Waals surface area contributed by atoms with Crippen LogP contribution in [0.25, 0.3) is 27.6 Å². The number of thiophene rings is 1. The summed E-state index contributed by atoms with van der Waals surface area (Å²) in [5.74, 6) is 1.23. The molecule has 0 spiro atoms. The zero-order valence-corrected chi connectivity index (χ0v) is 15.7. The Bertz CT molecular complexity index is 1280. The van der Waals surface area contributed by atoms with Crippen molar-refractivity contribution in [2.45, 2.75) is 0 Å². The number of carbonyl (C=O) groups is 1. The van der Waals surface area contributed by atoms with Gasteiger partial charge in [0.05, 0.1) is 10.9 Å². The molecule has 0 saturated heterocycles. The van der Waals surface area contributed by atoms with Gasteiger partial charge in [-0.1, -0.05) is 6.07 Å². The molecule has 0 aliphatic heterocycles. The lowest BCUT2D eigenvalue weighted by Crippen LogP contribution is -2.14. The van der Waals surface area contributed by atoms with Crippen LogP contribution in [-0.4, -0.2) is 35.6 Å². The van der Waals surface area contributed by atoms with Crippen LogP contribution in [0.3, 0.4) is 0 Å². The molecular formula is C20H13N7OS. The molecule has 5 heterocycles. The number of amides is 1. The number of carbonyl (C=O) groups excluding carboxylic acids is 1. The van der Waals surface area contributed by atoms with Gasteiger partial charge in [0.1, 0.15) is 16.3 Å². The van der Waals surface area contributed by atoms with Crippen molar-refractivity contribution >= 4 is 33.3 Å². The van der Waals surface area contributed by atoms with Gasteiger partial charge in [-0.3, -0.25) is 9.78 Å². The van der Waals surface area contributed by atoms with Gasteiger partial charge in [-0.25, -0.2) is 19.6 Å². The molecule has 140 valence electrons. The zero-order valence-electron chi connectivity index (χ0n) is 14.9. The summed E-state index contributed by atoms with van der Waals surface area (Å²) in [5.41, 5.74) is 1.06. The second-order valence-electron chi connectivity index (χ2n) is 6.06. The van der Waals surface area contributed by atoms with E-state index in [1.54, 1.807) is 35.4 Å². The number of nitrogens with one attached hydrogen (secondary N) is 1. The lowest BCUT2D eigenvalue weighted by molar-refractivity contribution is 0.102. The fourth-order valence-electron chi connectivity index (χ4n) is 2.80. The van der Waals surface area contributed by atoms with Gasteiger partial charge in [-0.2, -0.15) is 5.10 Å². The number of aromatic nitrogens is 6. The van der Waals surface area contributed by atoms with Gasteiger partial charge in [0, 0.05) is 24.8 Å². The van der Waals surface area contributed by atoms with E-state index in [1.165, 1.54) is 17.5 Å². The van der Waals surface area contributed by atoms with Crippen LogP contribution in [0.4, 0.5) is 5.82 Å². The largest absolute Gasteiger partial charge is 0.306 e.